The molecule has 2 unspecified atom stereocenters. The fourth-order valence-corrected chi connectivity index (χ4v) is 3.55. The zero-order valence-electron chi connectivity index (χ0n) is 14.0. The first-order valence-corrected chi connectivity index (χ1v) is 8.14. The minimum Gasteiger partial charge on any atom is -0.378 e. The van der Waals surface area contributed by atoms with E-state index in [4.69, 9.17) is 10.5 Å². The van der Waals surface area contributed by atoms with Crippen molar-refractivity contribution < 1.29 is 4.74 Å². The van der Waals surface area contributed by atoms with Gasteiger partial charge in [-0.25, -0.2) is 0 Å². The fourth-order valence-electron chi connectivity index (χ4n) is 3.55. The maximum atomic E-state index is 6.21. The van der Waals surface area contributed by atoms with Crippen molar-refractivity contribution in [2.24, 2.45) is 5.73 Å². The van der Waals surface area contributed by atoms with Crippen molar-refractivity contribution in [2.45, 2.75) is 58.1 Å². The first-order chi connectivity index (χ1) is 10.0. The minimum absolute atomic E-state index is 0.0261. The van der Waals surface area contributed by atoms with Crippen LogP contribution in [0.5, 0.6) is 0 Å². The SMILES string of the molecule is CCCC1CC(CN)(N(C)c2cc(C)cc(C)c2)CCO1. The van der Waals surface area contributed by atoms with Crippen molar-refractivity contribution in [1.82, 2.24) is 0 Å². The van der Waals surface area contributed by atoms with Gasteiger partial charge in [0.2, 0.25) is 0 Å². The zero-order chi connectivity index (χ0) is 15.5. The molecule has 0 saturated carbocycles. The van der Waals surface area contributed by atoms with Gasteiger partial charge in [-0.2, -0.15) is 0 Å². The number of aryl methyl sites for hydroxylation is 2. The second kappa shape index (κ2) is 6.80. The number of hydrogen-bond acceptors (Lipinski definition) is 3. The van der Waals surface area contributed by atoms with E-state index in [0.29, 0.717) is 12.6 Å². The number of nitrogens with two attached hydrogens (primary N) is 1. The van der Waals surface area contributed by atoms with E-state index in [1.807, 2.05) is 0 Å². The molecule has 0 aliphatic carbocycles. The predicted molar refractivity (Wildman–Crippen MR) is 90.0 cm³/mol. The van der Waals surface area contributed by atoms with Gasteiger partial charge >= 0.3 is 0 Å². The van der Waals surface area contributed by atoms with Gasteiger partial charge in [0.25, 0.3) is 0 Å². The van der Waals surface area contributed by atoms with Gasteiger partial charge < -0.3 is 15.4 Å². The molecule has 1 aliphatic heterocycles. The van der Waals surface area contributed by atoms with Gasteiger partial charge in [0.05, 0.1) is 11.6 Å². The molecule has 1 heterocycles. The topological polar surface area (TPSA) is 38.5 Å². The first kappa shape index (κ1) is 16.3. The molecule has 0 bridgehead atoms. The summed E-state index contributed by atoms with van der Waals surface area (Å²) in [5.74, 6) is 0. The molecule has 0 radical (unpaired) electrons. The van der Waals surface area contributed by atoms with Crippen LogP contribution in [0.15, 0.2) is 18.2 Å². The number of rotatable bonds is 5. The predicted octanol–water partition coefficient (Wildman–Crippen LogP) is 3.42. The van der Waals surface area contributed by atoms with Crippen LogP contribution in [0, 0.1) is 13.8 Å². The highest BCUT2D eigenvalue weighted by atomic mass is 16.5. The normalized spacial score (nSPS) is 25.9. The van der Waals surface area contributed by atoms with E-state index in [0.717, 1.165) is 25.9 Å². The van der Waals surface area contributed by atoms with Crippen LogP contribution in [-0.4, -0.2) is 31.8 Å². The zero-order valence-corrected chi connectivity index (χ0v) is 14.0. The molecule has 3 nitrogen and oxygen atoms in total. The van der Waals surface area contributed by atoms with Gasteiger partial charge in [0.15, 0.2) is 0 Å². The molecule has 118 valence electrons. The Kier molecular flexibility index (Phi) is 5.28. The van der Waals surface area contributed by atoms with E-state index >= 15 is 0 Å². The Morgan fingerprint density at radius 1 is 1.29 bits per heavy atom. The monoisotopic (exact) mass is 290 g/mol. The highest BCUT2D eigenvalue weighted by molar-refractivity contribution is 5.52. The molecule has 1 aromatic carbocycles. The summed E-state index contributed by atoms with van der Waals surface area (Å²) in [4.78, 5) is 2.40. The third-order valence-electron chi connectivity index (χ3n) is 4.82. The highest BCUT2D eigenvalue weighted by Gasteiger charge is 2.39. The number of hydrogen-bond donors (Lipinski definition) is 1. The van der Waals surface area contributed by atoms with Crippen LogP contribution >= 0.6 is 0 Å². The number of ether oxygens (including phenoxy) is 1. The van der Waals surface area contributed by atoms with Gasteiger partial charge in [0.1, 0.15) is 0 Å². The van der Waals surface area contributed by atoms with Gasteiger partial charge in [-0.15, -0.1) is 0 Å². The summed E-state index contributed by atoms with van der Waals surface area (Å²) in [7, 11) is 2.19. The van der Waals surface area contributed by atoms with E-state index < -0.39 is 0 Å². The average Bonchev–Trinajstić information content (AvgIpc) is 2.46. The van der Waals surface area contributed by atoms with Crippen molar-refractivity contribution >= 4 is 5.69 Å². The Balaban J connectivity index is 2.26. The van der Waals surface area contributed by atoms with Gasteiger partial charge in [-0.3, -0.25) is 0 Å². The molecular formula is C18H30N2O. The molecule has 1 aliphatic rings. The molecular weight excluding hydrogens is 260 g/mol. The van der Waals surface area contributed by atoms with Gasteiger partial charge in [0, 0.05) is 25.9 Å². The molecule has 2 atom stereocenters. The molecule has 0 aromatic heterocycles. The lowest BCUT2D eigenvalue weighted by Crippen LogP contribution is -2.57. The molecule has 3 heteroatoms. The number of anilines is 1. The van der Waals surface area contributed by atoms with Crippen molar-refractivity contribution in [3.05, 3.63) is 29.3 Å². The molecule has 1 fully saturated rings. The Morgan fingerprint density at radius 2 is 1.95 bits per heavy atom. The lowest BCUT2D eigenvalue weighted by atomic mass is 9.83. The quantitative estimate of drug-likeness (QED) is 0.903. The molecule has 2 rings (SSSR count). The fraction of sp³-hybridized carbons (Fsp3) is 0.667. The van der Waals surface area contributed by atoms with E-state index in [2.05, 4.69) is 50.9 Å². The van der Waals surface area contributed by atoms with E-state index in [1.54, 1.807) is 0 Å². The Morgan fingerprint density at radius 3 is 2.52 bits per heavy atom. The molecule has 21 heavy (non-hydrogen) atoms. The molecule has 0 amide bonds. The van der Waals surface area contributed by atoms with E-state index in [1.165, 1.54) is 23.2 Å². The minimum atomic E-state index is 0.0261. The maximum absolute atomic E-state index is 6.21. The second-order valence-corrected chi connectivity index (χ2v) is 6.57. The lowest BCUT2D eigenvalue weighted by molar-refractivity contribution is -0.0216. The van der Waals surface area contributed by atoms with Gasteiger partial charge in [-0.05, 0) is 56.4 Å². The summed E-state index contributed by atoms with van der Waals surface area (Å²) in [6.45, 7) is 8.03. The summed E-state index contributed by atoms with van der Waals surface area (Å²) in [6.07, 6.45) is 4.68. The van der Waals surface area contributed by atoms with E-state index in [9.17, 15) is 0 Å². The second-order valence-electron chi connectivity index (χ2n) is 6.57. The Labute approximate surface area is 129 Å². The van der Waals surface area contributed by atoms with Crippen molar-refractivity contribution in [3.8, 4) is 0 Å². The molecule has 2 N–H and O–H groups in total. The van der Waals surface area contributed by atoms with E-state index in [-0.39, 0.29) is 5.54 Å². The number of likely N-dealkylation sites (N-methyl/N-ethyl adjacent to an activating group) is 1. The van der Waals surface area contributed by atoms with Crippen molar-refractivity contribution in [1.29, 1.82) is 0 Å². The van der Waals surface area contributed by atoms with Crippen LogP contribution in [0.4, 0.5) is 5.69 Å². The Bertz CT molecular complexity index is 452. The summed E-state index contributed by atoms with van der Waals surface area (Å²) < 4.78 is 5.93. The standard InChI is InChI=1S/C18H30N2O/c1-5-6-17-12-18(13-19,7-8-21-17)20(4)16-10-14(2)9-15(3)11-16/h9-11,17H,5-8,12-13,19H2,1-4H3. The molecule has 0 spiro atoms. The van der Waals surface area contributed by atoms with Crippen LogP contribution in [0.1, 0.15) is 43.7 Å². The lowest BCUT2D eigenvalue weighted by Gasteiger charge is -2.47. The summed E-state index contributed by atoms with van der Waals surface area (Å²) in [6, 6.07) is 6.74. The third-order valence-corrected chi connectivity index (χ3v) is 4.82. The van der Waals surface area contributed by atoms with Gasteiger partial charge in [-0.1, -0.05) is 19.4 Å². The summed E-state index contributed by atoms with van der Waals surface area (Å²) >= 11 is 0. The molecule has 1 aromatic rings. The van der Waals surface area contributed by atoms with Crippen LogP contribution < -0.4 is 10.6 Å². The summed E-state index contributed by atoms with van der Waals surface area (Å²) in [5, 5.41) is 0. The maximum Gasteiger partial charge on any atom is 0.0597 e. The van der Waals surface area contributed by atoms with Crippen LogP contribution in [-0.2, 0) is 4.74 Å². The smallest absolute Gasteiger partial charge is 0.0597 e. The third kappa shape index (κ3) is 3.58. The summed E-state index contributed by atoms with van der Waals surface area (Å²) in [5.41, 5.74) is 10.1. The van der Waals surface area contributed by atoms with Crippen molar-refractivity contribution in [2.75, 3.05) is 25.1 Å². The average molecular weight is 290 g/mol. The van der Waals surface area contributed by atoms with Crippen LogP contribution in [0.3, 0.4) is 0 Å². The highest BCUT2D eigenvalue weighted by Crippen LogP contribution is 2.35. The molecule has 1 saturated heterocycles. The Hall–Kier alpha value is -1.06. The number of nitrogens with zero attached hydrogens (tertiary/aromatic N) is 1. The van der Waals surface area contributed by atoms with Crippen LogP contribution in [0.25, 0.3) is 0 Å². The largest absolute Gasteiger partial charge is 0.378 e. The number of benzene rings is 1. The van der Waals surface area contributed by atoms with Crippen LogP contribution in [0.2, 0.25) is 0 Å². The first-order valence-electron chi connectivity index (χ1n) is 8.14. The van der Waals surface area contributed by atoms with Crippen molar-refractivity contribution in [3.63, 3.8) is 0 Å².